The highest BCUT2D eigenvalue weighted by Crippen LogP contribution is 2.26. The molecule has 1 fully saturated rings. The van der Waals surface area contributed by atoms with Crippen molar-refractivity contribution in [3.05, 3.63) is 78.6 Å². The van der Waals surface area contributed by atoms with Crippen LogP contribution in [0, 0.1) is 0 Å². The number of pyridine rings is 1. The maximum absolute atomic E-state index is 12.6. The summed E-state index contributed by atoms with van der Waals surface area (Å²) in [6.07, 6.45) is 4.35. The Labute approximate surface area is 179 Å². The molecule has 1 aromatic heterocycles. The van der Waals surface area contributed by atoms with Gasteiger partial charge in [0.25, 0.3) is 5.91 Å². The van der Waals surface area contributed by atoms with Crippen LogP contribution in [0.1, 0.15) is 23.2 Å². The largest absolute Gasteiger partial charge is 0.379 e. The zero-order valence-corrected chi connectivity index (χ0v) is 17.2. The number of carbonyl (C=O) groups excluding carboxylic acids is 2. The summed E-state index contributed by atoms with van der Waals surface area (Å²) in [7, 11) is -4.05. The van der Waals surface area contributed by atoms with E-state index in [1.807, 2.05) is 0 Å². The molecule has 0 radical (unpaired) electrons. The Morgan fingerprint density at radius 1 is 0.968 bits per heavy atom. The van der Waals surface area contributed by atoms with Crippen molar-refractivity contribution in [1.29, 1.82) is 0 Å². The average molecular weight is 437 g/mol. The van der Waals surface area contributed by atoms with Gasteiger partial charge in [-0.3, -0.25) is 14.6 Å². The quantitative estimate of drug-likeness (QED) is 0.594. The standard InChI is InChI=1S/C22H19N3O5S/c26-21-2-1-15-25(21)18-5-7-19(8-6-18)30-31(28,29)20-9-3-17(4-10-20)24-22(27)16-11-13-23-14-12-16/h3-14H,1-2,15H2,(H,24,27). The lowest BCUT2D eigenvalue weighted by atomic mass is 10.2. The highest BCUT2D eigenvalue weighted by atomic mass is 32.2. The van der Waals surface area contributed by atoms with Crippen LogP contribution in [0.5, 0.6) is 5.75 Å². The molecule has 1 saturated heterocycles. The Morgan fingerprint density at radius 2 is 1.65 bits per heavy atom. The third-order valence-electron chi connectivity index (χ3n) is 4.77. The topological polar surface area (TPSA) is 106 Å². The predicted octanol–water partition coefficient (Wildman–Crippen LogP) is 3.23. The van der Waals surface area contributed by atoms with Crippen LogP contribution in [0.2, 0.25) is 0 Å². The molecule has 1 N–H and O–H groups in total. The van der Waals surface area contributed by atoms with Crippen molar-refractivity contribution in [3.8, 4) is 5.75 Å². The van der Waals surface area contributed by atoms with Crippen molar-refractivity contribution in [2.75, 3.05) is 16.8 Å². The average Bonchev–Trinajstić information content (AvgIpc) is 3.21. The monoisotopic (exact) mass is 437 g/mol. The number of hydrogen-bond acceptors (Lipinski definition) is 6. The molecule has 0 bridgehead atoms. The number of aromatic nitrogens is 1. The van der Waals surface area contributed by atoms with Crippen LogP contribution in [0.15, 0.2) is 78.0 Å². The molecule has 1 aliphatic heterocycles. The molecule has 31 heavy (non-hydrogen) atoms. The van der Waals surface area contributed by atoms with Crippen LogP contribution in [0.4, 0.5) is 11.4 Å². The first-order valence-corrected chi connectivity index (χ1v) is 11.0. The Kier molecular flexibility index (Phi) is 5.68. The molecule has 2 heterocycles. The van der Waals surface area contributed by atoms with Gasteiger partial charge in [0, 0.05) is 42.3 Å². The maximum Gasteiger partial charge on any atom is 0.339 e. The zero-order valence-electron chi connectivity index (χ0n) is 16.4. The summed E-state index contributed by atoms with van der Waals surface area (Å²) in [5, 5.41) is 2.69. The Hall–Kier alpha value is -3.72. The van der Waals surface area contributed by atoms with E-state index < -0.39 is 10.1 Å². The van der Waals surface area contributed by atoms with Crippen LogP contribution < -0.4 is 14.4 Å². The molecule has 2 amide bonds. The first kappa shape index (κ1) is 20.5. The Balaban J connectivity index is 1.42. The second-order valence-electron chi connectivity index (χ2n) is 6.89. The summed E-state index contributed by atoms with van der Waals surface area (Å²) in [4.78, 5) is 29.5. The van der Waals surface area contributed by atoms with Gasteiger partial charge < -0.3 is 14.4 Å². The predicted molar refractivity (Wildman–Crippen MR) is 114 cm³/mol. The SMILES string of the molecule is O=C(Nc1ccc(S(=O)(=O)Oc2ccc(N3CCCC3=O)cc2)cc1)c1ccncc1. The van der Waals surface area contributed by atoms with Crippen molar-refractivity contribution in [2.24, 2.45) is 0 Å². The Morgan fingerprint density at radius 3 is 2.26 bits per heavy atom. The van der Waals surface area contributed by atoms with Gasteiger partial charge in [0.1, 0.15) is 10.6 Å². The number of nitrogens with zero attached hydrogens (tertiary/aromatic N) is 2. The fourth-order valence-corrected chi connectivity index (χ4v) is 4.12. The maximum atomic E-state index is 12.6. The lowest BCUT2D eigenvalue weighted by Gasteiger charge is -2.16. The minimum atomic E-state index is -4.05. The van der Waals surface area contributed by atoms with E-state index in [-0.39, 0.29) is 22.5 Å². The van der Waals surface area contributed by atoms with E-state index in [1.54, 1.807) is 29.2 Å². The van der Waals surface area contributed by atoms with E-state index in [0.717, 1.165) is 6.42 Å². The van der Waals surface area contributed by atoms with Gasteiger partial charge in [0.05, 0.1) is 0 Å². The van der Waals surface area contributed by atoms with Gasteiger partial charge in [0.2, 0.25) is 5.91 Å². The van der Waals surface area contributed by atoms with Crippen molar-refractivity contribution in [2.45, 2.75) is 17.7 Å². The number of benzene rings is 2. The molecule has 0 aliphatic carbocycles. The molecule has 158 valence electrons. The normalized spacial score (nSPS) is 13.8. The van der Waals surface area contributed by atoms with Crippen LogP contribution in [-0.2, 0) is 14.9 Å². The molecule has 0 atom stereocenters. The number of carbonyl (C=O) groups is 2. The van der Waals surface area contributed by atoms with Gasteiger partial charge in [-0.15, -0.1) is 0 Å². The molecule has 0 saturated carbocycles. The van der Waals surface area contributed by atoms with E-state index in [4.69, 9.17) is 4.18 Å². The summed E-state index contributed by atoms with van der Waals surface area (Å²) >= 11 is 0. The molecule has 2 aromatic carbocycles. The molecule has 8 nitrogen and oxygen atoms in total. The van der Waals surface area contributed by atoms with E-state index in [0.29, 0.717) is 29.9 Å². The van der Waals surface area contributed by atoms with Gasteiger partial charge in [0.15, 0.2) is 0 Å². The van der Waals surface area contributed by atoms with Crippen molar-refractivity contribution in [1.82, 2.24) is 4.98 Å². The fourth-order valence-electron chi connectivity index (χ4n) is 3.19. The second kappa shape index (κ2) is 8.57. The van der Waals surface area contributed by atoms with Crippen LogP contribution in [-0.4, -0.2) is 31.8 Å². The number of rotatable bonds is 6. The highest BCUT2D eigenvalue weighted by Gasteiger charge is 2.22. The summed E-state index contributed by atoms with van der Waals surface area (Å²) in [5.74, 6) is -0.131. The summed E-state index contributed by atoms with van der Waals surface area (Å²) < 4.78 is 30.3. The van der Waals surface area contributed by atoms with Crippen molar-refractivity contribution in [3.63, 3.8) is 0 Å². The molecule has 0 unspecified atom stereocenters. The Bertz CT molecular complexity index is 1190. The smallest absolute Gasteiger partial charge is 0.339 e. The van der Waals surface area contributed by atoms with E-state index >= 15 is 0 Å². The highest BCUT2D eigenvalue weighted by molar-refractivity contribution is 7.87. The lowest BCUT2D eigenvalue weighted by Crippen LogP contribution is -2.23. The van der Waals surface area contributed by atoms with Crippen LogP contribution >= 0.6 is 0 Å². The van der Waals surface area contributed by atoms with Crippen LogP contribution in [0.25, 0.3) is 0 Å². The minimum absolute atomic E-state index is 0.0480. The van der Waals surface area contributed by atoms with Gasteiger partial charge in [-0.05, 0) is 67.1 Å². The minimum Gasteiger partial charge on any atom is -0.379 e. The zero-order chi connectivity index (χ0) is 21.8. The van der Waals surface area contributed by atoms with Crippen molar-refractivity contribution < 1.29 is 22.2 Å². The summed E-state index contributed by atoms with van der Waals surface area (Å²) in [6.45, 7) is 0.654. The lowest BCUT2D eigenvalue weighted by molar-refractivity contribution is -0.117. The van der Waals surface area contributed by atoms with Crippen LogP contribution in [0.3, 0.4) is 0 Å². The van der Waals surface area contributed by atoms with Gasteiger partial charge >= 0.3 is 10.1 Å². The molecule has 1 aliphatic rings. The number of amides is 2. The van der Waals surface area contributed by atoms with E-state index in [2.05, 4.69) is 10.3 Å². The first-order chi connectivity index (χ1) is 14.9. The number of anilines is 2. The van der Waals surface area contributed by atoms with Gasteiger partial charge in [-0.2, -0.15) is 8.42 Å². The van der Waals surface area contributed by atoms with Crippen molar-refractivity contribution >= 4 is 33.3 Å². The molecule has 4 rings (SSSR count). The molecule has 3 aromatic rings. The summed E-state index contributed by atoms with van der Waals surface area (Å²) in [6, 6.07) is 15.2. The number of nitrogens with one attached hydrogen (secondary N) is 1. The summed E-state index contributed by atoms with van der Waals surface area (Å²) in [5.41, 5.74) is 1.59. The third kappa shape index (κ3) is 4.72. The third-order valence-corrected chi connectivity index (χ3v) is 6.03. The van der Waals surface area contributed by atoms with E-state index in [1.165, 1.54) is 48.8 Å². The fraction of sp³-hybridized carbons (Fsp3) is 0.136. The first-order valence-electron chi connectivity index (χ1n) is 9.59. The molecular weight excluding hydrogens is 418 g/mol. The molecular formula is C22H19N3O5S. The van der Waals surface area contributed by atoms with E-state index in [9.17, 15) is 18.0 Å². The molecule has 9 heteroatoms. The molecule has 0 spiro atoms. The second-order valence-corrected chi connectivity index (χ2v) is 8.44. The van der Waals surface area contributed by atoms with Gasteiger partial charge in [-0.1, -0.05) is 0 Å². The number of hydrogen-bond donors (Lipinski definition) is 1. The van der Waals surface area contributed by atoms with Gasteiger partial charge in [-0.25, -0.2) is 0 Å².